The lowest BCUT2D eigenvalue weighted by Crippen LogP contribution is -2.42. The number of aliphatic hydroxyl groups is 4. The van der Waals surface area contributed by atoms with Crippen LogP contribution in [0.25, 0.3) is 0 Å². The molecule has 0 heterocycles. The fourth-order valence-electron chi connectivity index (χ4n) is 5.37. The minimum Gasteiger partial charge on any atom is -0.393 e. The van der Waals surface area contributed by atoms with Gasteiger partial charge >= 0.3 is 0 Å². The number of aliphatic hydroxyl groups excluding tert-OH is 3. The summed E-state index contributed by atoms with van der Waals surface area (Å²) in [6, 6.07) is 0. The fraction of sp³-hybridized carbons (Fsp3) is 1.00. The van der Waals surface area contributed by atoms with E-state index in [1.807, 2.05) is 0 Å². The van der Waals surface area contributed by atoms with E-state index in [-0.39, 0.29) is 24.5 Å². The fourth-order valence-corrected chi connectivity index (χ4v) is 5.37. The van der Waals surface area contributed by atoms with E-state index in [0.717, 1.165) is 25.7 Å². The van der Waals surface area contributed by atoms with Gasteiger partial charge in [0.2, 0.25) is 0 Å². The van der Waals surface area contributed by atoms with Crippen molar-refractivity contribution in [3.63, 3.8) is 0 Å². The van der Waals surface area contributed by atoms with Crippen molar-refractivity contribution < 1.29 is 20.4 Å². The van der Waals surface area contributed by atoms with Gasteiger partial charge in [0.05, 0.1) is 24.4 Å². The summed E-state index contributed by atoms with van der Waals surface area (Å²) < 4.78 is 0. The minimum absolute atomic E-state index is 0.156. The molecule has 4 nitrogen and oxygen atoms in total. The highest BCUT2D eigenvalue weighted by Gasteiger charge is 2.52. The highest BCUT2D eigenvalue weighted by Crippen LogP contribution is 2.58. The van der Waals surface area contributed by atoms with E-state index in [4.69, 9.17) is 5.11 Å². The summed E-state index contributed by atoms with van der Waals surface area (Å²) in [5, 5.41) is 39.6. The maximum Gasteiger partial charge on any atom is 0.0874 e. The van der Waals surface area contributed by atoms with Crippen molar-refractivity contribution in [1.82, 2.24) is 0 Å². The molecule has 0 amide bonds. The molecule has 2 aliphatic carbocycles. The molecule has 22 heavy (non-hydrogen) atoms. The van der Waals surface area contributed by atoms with E-state index in [9.17, 15) is 15.3 Å². The predicted molar refractivity (Wildman–Crippen MR) is 86.3 cm³/mol. The largest absolute Gasteiger partial charge is 0.393 e. The van der Waals surface area contributed by atoms with Gasteiger partial charge in [-0.1, -0.05) is 20.3 Å². The average molecular weight is 314 g/mol. The molecule has 0 aromatic heterocycles. The summed E-state index contributed by atoms with van der Waals surface area (Å²) in [7, 11) is 0. The van der Waals surface area contributed by atoms with Crippen molar-refractivity contribution in [2.24, 2.45) is 23.2 Å². The molecule has 0 unspecified atom stereocenters. The van der Waals surface area contributed by atoms with Gasteiger partial charge in [0.1, 0.15) is 0 Å². The molecule has 0 radical (unpaired) electrons. The highest BCUT2D eigenvalue weighted by atomic mass is 16.3. The van der Waals surface area contributed by atoms with Crippen LogP contribution in [-0.4, -0.2) is 44.8 Å². The molecule has 7 atom stereocenters. The molecule has 0 aliphatic heterocycles. The first kappa shape index (κ1) is 18.2. The standard InChI is InChI=1S/C18H34O4/c1-12(9-13(20)10-17(2,22)11-19)14-6-7-15-16(21)5-4-8-18(14,15)3/h12-16,19-22H,4-11H2,1-3H3/t12-,13+,14-,15+,16+,17-,18-/m1/s1. The van der Waals surface area contributed by atoms with E-state index in [1.165, 1.54) is 6.42 Å². The molecule has 130 valence electrons. The van der Waals surface area contributed by atoms with Gasteiger partial charge in [0.15, 0.2) is 0 Å². The van der Waals surface area contributed by atoms with Crippen LogP contribution in [0.2, 0.25) is 0 Å². The van der Waals surface area contributed by atoms with Gasteiger partial charge in [-0.2, -0.15) is 0 Å². The Hall–Kier alpha value is -0.160. The van der Waals surface area contributed by atoms with Crippen molar-refractivity contribution in [3.05, 3.63) is 0 Å². The zero-order valence-corrected chi connectivity index (χ0v) is 14.3. The zero-order chi connectivity index (χ0) is 16.5. The van der Waals surface area contributed by atoms with E-state index in [2.05, 4.69) is 13.8 Å². The summed E-state index contributed by atoms with van der Waals surface area (Å²) in [6.07, 6.45) is 5.54. The van der Waals surface area contributed by atoms with Crippen LogP contribution in [0.5, 0.6) is 0 Å². The SMILES string of the molecule is C[C@H](C[C@H](O)C[C@@](C)(O)CO)[C@H]1CC[C@H]2[C@@H](O)CCC[C@]12C. The molecule has 0 saturated heterocycles. The van der Waals surface area contributed by atoms with Crippen LogP contribution in [-0.2, 0) is 0 Å². The summed E-state index contributed by atoms with van der Waals surface area (Å²) in [5.74, 6) is 1.30. The van der Waals surface area contributed by atoms with Gasteiger partial charge in [-0.15, -0.1) is 0 Å². The van der Waals surface area contributed by atoms with E-state index >= 15 is 0 Å². The Morgan fingerprint density at radius 1 is 1.27 bits per heavy atom. The maximum atomic E-state index is 10.3. The molecule has 0 aromatic carbocycles. The lowest BCUT2D eigenvalue weighted by molar-refractivity contribution is -0.0512. The molecule has 4 heteroatoms. The predicted octanol–water partition coefficient (Wildman–Crippen LogP) is 2.08. The van der Waals surface area contributed by atoms with Gasteiger partial charge in [-0.3, -0.25) is 0 Å². The monoisotopic (exact) mass is 314 g/mol. The second-order valence-electron chi connectivity index (χ2n) is 8.48. The Morgan fingerprint density at radius 3 is 2.59 bits per heavy atom. The second-order valence-corrected chi connectivity index (χ2v) is 8.48. The van der Waals surface area contributed by atoms with E-state index in [1.54, 1.807) is 6.92 Å². The van der Waals surface area contributed by atoms with E-state index in [0.29, 0.717) is 24.2 Å². The zero-order valence-electron chi connectivity index (χ0n) is 14.3. The first-order valence-electron chi connectivity index (χ1n) is 8.89. The van der Waals surface area contributed by atoms with Crippen molar-refractivity contribution >= 4 is 0 Å². The summed E-state index contributed by atoms with van der Waals surface area (Å²) >= 11 is 0. The molecule has 2 rings (SSSR count). The molecule has 0 spiro atoms. The Kier molecular flexibility index (Phi) is 5.59. The van der Waals surface area contributed by atoms with Gasteiger partial charge < -0.3 is 20.4 Å². The van der Waals surface area contributed by atoms with Crippen molar-refractivity contribution in [1.29, 1.82) is 0 Å². The normalized spacial score (nSPS) is 40.8. The molecular formula is C18H34O4. The van der Waals surface area contributed by atoms with Gasteiger partial charge in [0.25, 0.3) is 0 Å². The van der Waals surface area contributed by atoms with Crippen molar-refractivity contribution in [3.8, 4) is 0 Å². The summed E-state index contributed by atoms with van der Waals surface area (Å²) in [6.45, 7) is 5.75. The summed E-state index contributed by atoms with van der Waals surface area (Å²) in [4.78, 5) is 0. The Balaban J connectivity index is 1.96. The number of fused-ring (bicyclic) bond motifs is 1. The van der Waals surface area contributed by atoms with Crippen LogP contribution in [0.3, 0.4) is 0 Å². The van der Waals surface area contributed by atoms with Crippen LogP contribution in [0.1, 0.15) is 65.7 Å². The smallest absolute Gasteiger partial charge is 0.0874 e. The minimum atomic E-state index is -1.21. The Labute approximate surface area is 134 Å². The lowest BCUT2D eigenvalue weighted by atomic mass is 9.61. The Bertz CT molecular complexity index is 370. The van der Waals surface area contributed by atoms with Crippen LogP contribution < -0.4 is 0 Å². The number of hydrogen-bond donors (Lipinski definition) is 4. The second kappa shape index (κ2) is 6.76. The molecule has 0 bridgehead atoms. The van der Waals surface area contributed by atoms with Gasteiger partial charge in [0, 0.05) is 6.42 Å². The van der Waals surface area contributed by atoms with Crippen molar-refractivity contribution in [2.45, 2.75) is 83.5 Å². The summed E-state index contributed by atoms with van der Waals surface area (Å²) in [5.41, 5.74) is -1.02. The maximum absolute atomic E-state index is 10.3. The third-order valence-corrected chi connectivity index (χ3v) is 6.51. The van der Waals surface area contributed by atoms with Crippen LogP contribution >= 0.6 is 0 Å². The molecular weight excluding hydrogens is 280 g/mol. The van der Waals surface area contributed by atoms with Crippen LogP contribution in [0.15, 0.2) is 0 Å². The Morgan fingerprint density at radius 2 is 1.95 bits per heavy atom. The quantitative estimate of drug-likeness (QED) is 0.605. The molecule has 4 N–H and O–H groups in total. The number of rotatable bonds is 6. The average Bonchev–Trinajstić information content (AvgIpc) is 2.76. The van der Waals surface area contributed by atoms with Crippen molar-refractivity contribution in [2.75, 3.05) is 6.61 Å². The third kappa shape index (κ3) is 3.66. The van der Waals surface area contributed by atoms with Gasteiger partial charge in [-0.25, -0.2) is 0 Å². The van der Waals surface area contributed by atoms with Crippen LogP contribution in [0.4, 0.5) is 0 Å². The molecule has 2 fully saturated rings. The highest BCUT2D eigenvalue weighted by molar-refractivity contribution is 5.01. The first-order valence-corrected chi connectivity index (χ1v) is 8.89. The van der Waals surface area contributed by atoms with Gasteiger partial charge in [-0.05, 0) is 62.2 Å². The first-order chi connectivity index (χ1) is 10.2. The topological polar surface area (TPSA) is 80.9 Å². The molecule has 0 aromatic rings. The molecule has 2 aliphatic rings. The third-order valence-electron chi connectivity index (χ3n) is 6.51. The lowest BCUT2D eigenvalue weighted by Gasteiger charge is -2.45. The number of hydrogen-bond acceptors (Lipinski definition) is 4. The molecule has 2 saturated carbocycles. The van der Waals surface area contributed by atoms with E-state index < -0.39 is 11.7 Å². The van der Waals surface area contributed by atoms with Crippen LogP contribution in [0, 0.1) is 23.2 Å².